The van der Waals surface area contributed by atoms with Crippen LogP contribution >= 0.6 is 0 Å². The fourth-order valence-corrected chi connectivity index (χ4v) is 11.7. The lowest BCUT2D eigenvalue weighted by atomic mass is 9.67. The van der Waals surface area contributed by atoms with E-state index < -0.39 is 5.41 Å². The molecule has 2 heteroatoms. The average molecular weight is 901 g/mol. The van der Waals surface area contributed by atoms with Crippen LogP contribution in [0, 0.1) is 0 Å². The molecule has 0 bridgehead atoms. The third-order valence-electron chi connectivity index (χ3n) is 15.1. The van der Waals surface area contributed by atoms with Crippen molar-refractivity contribution < 1.29 is 0 Å². The number of hydrogen-bond donors (Lipinski definition) is 1. The molecule has 10 aromatic carbocycles. The quantitative estimate of drug-likeness (QED) is 0.155. The molecule has 0 aliphatic heterocycles. The summed E-state index contributed by atoms with van der Waals surface area (Å²) in [6.07, 6.45) is 0. The molecule has 0 amide bonds. The van der Waals surface area contributed by atoms with Crippen molar-refractivity contribution in [1.29, 1.82) is 0 Å². The van der Waals surface area contributed by atoms with Gasteiger partial charge in [-0.2, -0.15) is 0 Å². The van der Waals surface area contributed by atoms with Crippen molar-refractivity contribution in [2.45, 2.75) is 50.9 Å². The highest BCUT2D eigenvalue weighted by Crippen LogP contribution is 2.58. The van der Waals surface area contributed by atoms with Crippen molar-refractivity contribution in [1.82, 2.24) is 0 Å². The third-order valence-corrected chi connectivity index (χ3v) is 15.1. The molecule has 2 aliphatic rings. The monoisotopic (exact) mass is 900 g/mol. The van der Waals surface area contributed by atoms with Crippen molar-refractivity contribution in [3.63, 3.8) is 0 Å². The molecule has 0 radical (unpaired) electrons. The lowest BCUT2D eigenvalue weighted by molar-refractivity contribution is 0.584. The molecular formula is C68H56N2. The molecule has 0 heterocycles. The molecule has 0 atom stereocenters. The molecule has 338 valence electrons. The minimum atomic E-state index is -0.545. The van der Waals surface area contributed by atoms with Gasteiger partial charge in [0.2, 0.25) is 0 Å². The van der Waals surface area contributed by atoms with Crippen molar-refractivity contribution in [3.05, 3.63) is 282 Å². The highest BCUT2D eigenvalue weighted by atomic mass is 15.1. The summed E-state index contributed by atoms with van der Waals surface area (Å²) in [5.74, 6) is 0. The van der Waals surface area contributed by atoms with Gasteiger partial charge in [-0.05, 0) is 126 Å². The summed E-state index contributed by atoms with van der Waals surface area (Å²) >= 11 is 0. The van der Waals surface area contributed by atoms with Gasteiger partial charge in [0.1, 0.15) is 0 Å². The number of benzene rings is 10. The minimum Gasteiger partial charge on any atom is -0.355 e. The molecule has 0 aromatic heterocycles. The van der Waals surface area contributed by atoms with Gasteiger partial charge in [0, 0.05) is 39.3 Å². The Labute approximate surface area is 413 Å². The van der Waals surface area contributed by atoms with Gasteiger partial charge in [-0.25, -0.2) is 0 Å². The molecule has 0 saturated heterocycles. The number of para-hydroxylation sites is 2. The second kappa shape index (κ2) is 16.8. The van der Waals surface area contributed by atoms with E-state index in [2.05, 4.69) is 287 Å². The Kier molecular flexibility index (Phi) is 10.3. The van der Waals surface area contributed by atoms with Gasteiger partial charge in [0.25, 0.3) is 0 Å². The molecule has 0 saturated carbocycles. The van der Waals surface area contributed by atoms with Crippen LogP contribution in [0.5, 0.6) is 0 Å². The zero-order chi connectivity index (χ0) is 47.6. The van der Waals surface area contributed by atoms with Gasteiger partial charge in [-0.15, -0.1) is 0 Å². The maximum absolute atomic E-state index is 3.79. The zero-order valence-corrected chi connectivity index (χ0v) is 40.5. The smallest absolute Gasteiger partial charge is 0.0714 e. The summed E-state index contributed by atoms with van der Waals surface area (Å²) in [6.45, 7) is 11.7. The van der Waals surface area contributed by atoms with E-state index in [0.717, 1.165) is 34.0 Å². The zero-order valence-electron chi connectivity index (χ0n) is 40.5. The molecular weight excluding hydrogens is 845 g/mol. The normalized spacial score (nSPS) is 13.7. The van der Waals surface area contributed by atoms with Gasteiger partial charge < -0.3 is 10.2 Å². The molecule has 0 fully saturated rings. The van der Waals surface area contributed by atoms with E-state index >= 15 is 0 Å². The Morgan fingerprint density at radius 2 is 0.929 bits per heavy atom. The van der Waals surface area contributed by atoms with Crippen LogP contribution in [0.2, 0.25) is 0 Å². The number of nitrogens with zero attached hydrogens (tertiary/aromatic N) is 1. The van der Waals surface area contributed by atoms with Crippen LogP contribution in [-0.4, -0.2) is 0 Å². The predicted molar refractivity (Wildman–Crippen MR) is 295 cm³/mol. The predicted octanol–water partition coefficient (Wildman–Crippen LogP) is 18.2. The second-order valence-electron chi connectivity index (χ2n) is 20.6. The fraction of sp³-hybridized carbons (Fsp3) is 0.118. The van der Waals surface area contributed by atoms with E-state index in [0.29, 0.717) is 0 Å². The first-order valence-electron chi connectivity index (χ1n) is 24.7. The molecule has 0 spiro atoms. The van der Waals surface area contributed by atoms with Crippen LogP contribution in [0.25, 0.3) is 44.5 Å². The van der Waals surface area contributed by atoms with Crippen LogP contribution in [0.1, 0.15) is 73.6 Å². The number of anilines is 5. The maximum atomic E-state index is 3.79. The summed E-state index contributed by atoms with van der Waals surface area (Å²) in [5.41, 5.74) is 23.8. The van der Waals surface area contributed by atoms with Crippen LogP contribution in [0.4, 0.5) is 28.4 Å². The first kappa shape index (κ1) is 43.1. The number of nitrogens with one attached hydrogen (secondary N) is 1. The second-order valence-corrected chi connectivity index (χ2v) is 20.6. The Balaban J connectivity index is 1.07. The van der Waals surface area contributed by atoms with Gasteiger partial charge in [0.15, 0.2) is 0 Å². The van der Waals surface area contributed by atoms with Crippen molar-refractivity contribution in [2.24, 2.45) is 0 Å². The summed E-state index contributed by atoms with van der Waals surface area (Å²) in [5, 5.41) is 3.79. The number of rotatable bonds is 9. The average Bonchev–Trinajstić information content (AvgIpc) is 3.82. The number of hydrogen-bond acceptors (Lipinski definition) is 2. The summed E-state index contributed by atoms with van der Waals surface area (Å²) in [7, 11) is 0. The third kappa shape index (κ3) is 6.92. The molecule has 1 N–H and O–H groups in total. The van der Waals surface area contributed by atoms with E-state index in [4.69, 9.17) is 0 Å². The van der Waals surface area contributed by atoms with E-state index in [1.807, 2.05) is 0 Å². The fourth-order valence-electron chi connectivity index (χ4n) is 11.7. The largest absolute Gasteiger partial charge is 0.355 e. The molecule has 12 rings (SSSR count). The van der Waals surface area contributed by atoms with Crippen molar-refractivity contribution in [2.75, 3.05) is 10.2 Å². The molecule has 0 unspecified atom stereocenters. The molecule has 10 aromatic rings. The SMILES string of the molecule is CC(C)(C)c1ccc2c(c1)C(C)(C)c1cccc(-c3ccccc3N(c3ccc(Nc4ccccc4-c4ccccc4)cc3)c3ccc4c(c3)C(c3ccccc3)(c3ccccc3)c3ccccc3-4)c1-2. The van der Waals surface area contributed by atoms with Crippen LogP contribution in [0.3, 0.4) is 0 Å². The maximum Gasteiger partial charge on any atom is 0.0714 e. The topological polar surface area (TPSA) is 15.3 Å². The van der Waals surface area contributed by atoms with Crippen LogP contribution in [0.15, 0.2) is 243 Å². The van der Waals surface area contributed by atoms with E-state index in [1.165, 1.54) is 77.9 Å². The van der Waals surface area contributed by atoms with E-state index in [-0.39, 0.29) is 10.8 Å². The number of fused-ring (bicyclic) bond motifs is 6. The first-order valence-corrected chi connectivity index (χ1v) is 24.7. The van der Waals surface area contributed by atoms with Gasteiger partial charge in [-0.1, -0.05) is 229 Å². The first-order chi connectivity index (χ1) is 34.1. The Hall–Kier alpha value is -8.20. The summed E-state index contributed by atoms with van der Waals surface area (Å²) in [4.78, 5) is 2.49. The molecule has 70 heavy (non-hydrogen) atoms. The van der Waals surface area contributed by atoms with Gasteiger partial charge >= 0.3 is 0 Å². The summed E-state index contributed by atoms with van der Waals surface area (Å²) < 4.78 is 0. The Morgan fingerprint density at radius 1 is 0.386 bits per heavy atom. The Bertz CT molecular complexity index is 3520. The van der Waals surface area contributed by atoms with E-state index in [9.17, 15) is 0 Å². The van der Waals surface area contributed by atoms with E-state index in [1.54, 1.807) is 0 Å². The molecule has 2 nitrogen and oxygen atoms in total. The standard InChI is InChI=1S/C68H56N2/c1-66(2,3)49-36-42-58-61(44-49)67(4,5)60-33-21-31-57(65(58)60)56-30-17-20-35-64(56)70(51-39-37-50(38-40-51)69-63-34-19-16-28-53(63)46-22-9-6-10-23-46)52-41-43-55-54-29-15-18-32-59(54)68(62(55)45-52,47-24-11-7-12-25-47)48-26-13-8-14-27-48/h6-45,69H,1-5H3. The van der Waals surface area contributed by atoms with Crippen molar-refractivity contribution in [3.8, 4) is 44.5 Å². The van der Waals surface area contributed by atoms with Gasteiger partial charge in [0.05, 0.1) is 11.1 Å². The Morgan fingerprint density at radius 3 is 1.63 bits per heavy atom. The highest BCUT2D eigenvalue weighted by Gasteiger charge is 2.46. The highest BCUT2D eigenvalue weighted by molar-refractivity contribution is 5.99. The van der Waals surface area contributed by atoms with Gasteiger partial charge in [-0.3, -0.25) is 0 Å². The summed E-state index contributed by atoms with van der Waals surface area (Å²) in [6, 6.07) is 89.8. The molecule has 2 aliphatic carbocycles. The lowest BCUT2D eigenvalue weighted by Gasteiger charge is -2.35. The van der Waals surface area contributed by atoms with Crippen molar-refractivity contribution >= 4 is 28.4 Å². The lowest BCUT2D eigenvalue weighted by Crippen LogP contribution is -2.28. The van der Waals surface area contributed by atoms with Crippen LogP contribution < -0.4 is 10.2 Å². The van der Waals surface area contributed by atoms with Crippen LogP contribution in [-0.2, 0) is 16.2 Å². The minimum absolute atomic E-state index is 0.0437.